The van der Waals surface area contributed by atoms with E-state index in [-0.39, 0.29) is 5.91 Å². The van der Waals surface area contributed by atoms with Crippen LogP contribution in [0, 0.1) is 10.1 Å². The maximum Gasteiger partial charge on any atom is 0.284 e. The number of carbonyl (C=O) groups excluding carboxylic acids is 1. The fourth-order valence-electron chi connectivity index (χ4n) is 3.68. The number of nitrogens with zero attached hydrogens (tertiary/aromatic N) is 3. The third-order valence-electron chi connectivity index (χ3n) is 5.53. The van der Waals surface area contributed by atoms with Gasteiger partial charge in [0, 0.05) is 23.5 Å². The summed E-state index contributed by atoms with van der Waals surface area (Å²) in [6.45, 7) is 5.11. The van der Waals surface area contributed by atoms with E-state index in [1.807, 2.05) is 47.4 Å². The number of nitro groups is 1. The van der Waals surface area contributed by atoms with Crippen LogP contribution < -0.4 is 16.4 Å². The predicted octanol–water partition coefficient (Wildman–Crippen LogP) is 4.65. The van der Waals surface area contributed by atoms with Crippen molar-refractivity contribution >= 4 is 34.3 Å². The zero-order valence-corrected chi connectivity index (χ0v) is 19.8. The number of hydrogen-bond donors (Lipinski definition) is 3. The van der Waals surface area contributed by atoms with Crippen molar-refractivity contribution in [3.8, 4) is 0 Å². The van der Waals surface area contributed by atoms with Gasteiger partial charge in [0.1, 0.15) is 0 Å². The van der Waals surface area contributed by atoms with Crippen LogP contribution in [0.4, 0.5) is 17.1 Å². The van der Waals surface area contributed by atoms with E-state index in [1.165, 1.54) is 11.3 Å². The van der Waals surface area contributed by atoms with Crippen LogP contribution in [0.1, 0.15) is 45.7 Å². The van der Waals surface area contributed by atoms with Crippen LogP contribution in [0.3, 0.4) is 0 Å². The molecule has 0 saturated carbocycles. The third kappa shape index (κ3) is 5.34. The molecular weight excluding hydrogens is 452 g/mol. The predicted molar refractivity (Wildman–Crippen MR) is 134 cm³/mol. The molecule has 4 N–H and O–H groups in total. The molecule has 0 atom stereocenters. The Bertz CT molecular complexity index is 1240. The Balaban J connectivity index is 1.51. The molecule has 176 valence electrons. The van der Waals surface area contributed by atoms with E-state index in [0.717, 1.165) is 28.0 Å². The van der Waals surface area contributed by atoms with E-state index in [1.54, 1.807) is 6.07 Å². The Morgan fingerprint density at radius 2 is 2.00 bits per heavy atom. The first-order valence-corrected chi connectivity index (χ1v) is 11.7. The second kappa shape index (κ2) is 9.92. The molecule has 10 heteroatoms. The topological polar surface area (TPSA) is 126 Å². The second-order valence-corrected chi connectivity index (χ2v) is 9.39. The lowest BCUT2D eigenvalue weighted by molar-refractivity contribution is -0.404. The zero-order chi connectivity index (χ0) is 24.2. The number of nitrogen functional groups attached to an aromatic ring is 1. The van der Waals surface area contributed by atoms with Gasteiger partial charge >= 0.3 is 0 Å². The summed E-state index contributed by atoms with van der Waals surface area (Å²) < 4.78 is 0. The molecule has 2 aromatic carbocycles. The van der Waals surface area contributed by atoms with Gasteiger partial charge in [0.05, 0.1) is 28.5 Å². The van der Waals surface area contributed by atoms with Crippen LogP contribution in [0.25, 0.3) is 0 Å². The molecule has 2 heterocycles. The lowest BCUT2D eigenvalue weighted by atomic mass is 10.0. The summed E-state index contributed by atoms with van der Waals surface area (Å²) in [7, 11) is 0. The Labute approximate surface area is 201 Å². The highest BCUT2D eigenvalue weighted by molar-refractivity contribution is 7.13. The van der Waals surface area contributed by atoms with Crippen LogP contribution in [0.5, 0.6) is 0 Å². The molecule has 34 heavy (non-hydrogen) atoms. The van der Waals surface area contributed by atoms with Crippen LogP contribution in [0.15, 0.2) is 60.6 Å². The van der Waals surface area contributed by atoms with Gasteiger partial charge in [0.15, 0.2) is 10.8 Å². The Morgan fingerprint density at radius 3 is 2.71 bits per heavy atom. The standard InChI is InChI=1S/C24H26N6O3S/c1-15(2)16-8-9-18(25)20(12-16)27-23(31)24-28-19-10-11-29(13-21(19)34-24)22(14-30(32)33)26-17-6-4-3-5-7-17/h3-9,12,14-15,26H,10-11,13,25H2,1-2H3,(H,27,31)/b22-14-. The molecule has 0 unspecified atom stereocenters. The van der Waals surface area contributed by atoms with Crippen molar-refractivity contribution in [2.45, 2.75) is 32.7 Å². The minimum atomic E-state index is -0.470. The largest absolute Gasteiger partial charge is 0.397 e. The average Bonchev–Trinajstić information content (AvgIpc) is 3.24. The summed E-state index contributed by atoms with van der Waals surface area (Å²) in [5.41, 5.74) is 9.80. The maximum absolute atomic E-state index is 12.9. The van der Waals surface area contributed by atoms with Crippen molar-refractivity contribution in [2.24, 2.45) is 0 Å². The molecular formula is C24H26N6O3S. The number of amides is 1. The molecule has 1 amide bonds. The molecule has 9 nitrogen and oxygen atoms in total. The van der Waals surface area contributed by atoms with Crippen LogP contribution in [-0.2, 0) is 13.0 Å². The Hall–Kier alpha value is -3.92. The summed E-state index contributed by atoms with van der Waals surface area (Å²) in [5, 5.41) is 17.6. The van der Waals surface area contributed by atoms with Gasteiger partial charge in [-0.3, -0.25) is 14.9 Å². The number of nitrogens with one attached hydrogen (secondary N) is 2. The molecule has 0 bridgehead atoms. The highest BCUT2D eigenvalue weighted by atomic mass is 32.1. The molecule has 3 aromatic rings. The lowest BCUT2D eigenvalue weighted by Gasteiger charge is -2.29. The number of nitrogens with two attached hydrogens (primary N) is 1. The van der Waals surface area contributed by atoms with E-state index in [0.29, 0.717) is 47.6 Å². The molecule has 1 aromatic heterocycles. The van der Waals surface area contributed by atoms with E-state index in [4.69, 9.17) is 5.73 Å². The second-order valence-electron chi connectivity index (χ2n) is 8.31. The smallest absolute Gasteiger partial charge is 0.284 e. The Kier molecular flexibility index (Phi) is 6.78. The third-order valence-corrected chi connectivity index (χ3v) is 6.61. The van der Waals surface area contributed by atoms with E-state index < -0.39 is 4.92 Å². The first kappa shape index (κ1) is 23.2. The fourth-order valence-corrected chi connectivity index (χ4v) is 4.70. The average molecular weight is 479 g/mol. The van der Waals surface area contributed by atoms with Crippen LogP contribution in [-0.4, -0.2) is 27.3 Å². The van der Waals surface area contributed by atoms with Crippen molar-refractivity contribution in [3.63, 3.8) is 0 Å². The van der Waals surface area contributed by atoms with Crippen molar-refractivity contribution in [1.29, 1.82) is 0 Å². The first-order valence-electron chi connectivity index (χ1n) is 10.9. The minimum absolute atomic E-state index is 0.306. The Morgan fingerprint density at radius 1 is 1.24 bits per heavy atom. The highest BCUT2D eigenvalue weighted by Crippen LogP contribution is 2.30. The highest BCUT2D eigenvalue weighted by Gasteiger charge is 2.26. The summed E-state index contributed by atoms with van der Waals surface area (Å²) in [5.74, 6) is 0.377. The molecule has 0 saturated heterocycles. The number of aromatic nitrogens is 1. The normalized spacial score (nSPS) is 13.5. The lowest BCUT2D eigenvalue weighted by Crippen LogP contribution is -2.33. The number of rotatable bonds is 7. The number of benzene rings is 2. The van der Waals surface area contributed by atoms with Gasteiger partial charge in [-0.05, 0) is 35.7 Å². The fraction of sp³-hybridized carbons (Fsp3) is 0.250. The van der Waals surface area contributed by atoms with Crippen LogP contribution >= 0.6 is 11.3 Å². The van der Waals surface area contributed by atoms with E-state index in [2.05, 4.69) is 29.5 Å². The van der Waals surface area contributed by atoms with Gasteiger partial charge in [0.25, 0.3) is 12.1 Å². The number of para-hydroxylation sites is 1. The summed E-state index contributed by atoms with van der Waals surface area (Å²) in [6.07, 6.45) is 1.55. The first-order chi connectivity index (χ1) is 16.3. The summed E-state index contributed by atoms with van der Waals surface area (Å²) >= 11 is 1.29. The van der Waals surface area contributed by atoms with E-state index in [9.17, 15) is 14.9 Å². The molecule has 1 aliphatic heterocycles. The quantitative estimate of drug-likeness (QED) is 0.256. The summed E-state index contributed by atoms with van der Waals surface area (Å²) in [4.78, 5) is 31.0. The van der Waals surface area contributed by atoms with Crippen molar-refractivity contribution in [1.82, 2.24) is 9.88 Å². The van der Waals surface area contributed by atoms with Crippen molar-refractivity contribution < 1.29 is 9.72 Å². The number of hydrogen-bond acceptors (Lipinski definition) is 8. The molecule has 0 fully saturated rings. The van der Waals surface area contributed by atoms with Gasteiger partial charge in [-0.1, -0.05) is 38.1 Å². The van der Waals surface area contributed by atoms with Gasteiger partial charge in [-0.25, -0.2) is 4.98 Å². The van der Waals surface area contributed by atoms with Crippen LogP contribution in [0.2, 0.25) is 0 Å². The molecule has 0 spiro atoms. The van der Waals surface area contributed by atoms with Gasteiger partial charge in [-0.15, -0.1) is 11.3 Å². The van der Waals surface area contributed by atoms with Crippen molar-refractivity contribution in [2.75, 3.05) is 22.9 Å². The molecule has 0 aliphatic carbocycles. The number of carbonyl (C=O) groups is 1. The molecule has 1 aliphatic rings. The molecule has 4 rings (SSSR count). The zero-order valence-electron chi connectivity index (χ0n) is 18.9. The minimum Gasteiger partial charge on any atom is -0.397 e. The van der Waals surface area contributed by atoms with Gasteiger partial charge in [0.2, 0.25) is 0 Å². The number of anilines is 3. The molecule has 0 radical (unpaired) electrons. The van der Waals surface area contributed by atoms with Gasteiger partial charge < -0.3 is 21.3 Å². The number of fused-ring (bicyclic) bond motifs is 1. The van der Waals surface area contributed by atoms with Gasteiger partial charge in [-0.2, -0.15) is 0 Å². The monoisotopic (exact) mass is 478 g/mol. The SMILES string of the molecule is CC(C)c1ccc(N)c(NC(=O)c2nc3c(s2)CN(/C(=C\[N+](=O)[O-])Nc2ccccc2)CC3)c1. The maximum atomic E-state index is 12.9. The number of thiazole rings is 1. The van der Waals surface area contributed by atoms with Crippen molar-refractivity contribution in [3.05, 3.63) is 91.8 Å². The summed E-state index contributed by atoms with van der Waals surface area (Å²) in [6, 6.07) is 14.9. The van der Waals surface area contributed by atoms with E-state index >= 15 is 0 Å².